The average molecular weight is 455 g/mol. The van der Waals surface area contributed by atoms with Gasteiger partial charge in [0.1, 0.15) is 17.2 Å². The van der Waals surface area contributed by atoms with Crippen LogP contribution in [0.4, 0.5) is 0 Å². The Morgan fingerprint density at radius 2 is 1.68 bits per heavy atom. The Bertz CT molecular complexity index is 1180. The van der Waals surface area contributed by atoms with Crippen molar-refractivity contribution in [1.82, 2.24) is 0 Å². The zero-order valence-corrected chi connectivity index (χ0v) is 17.9. The zero-order valence-electron chi connectivity index (χ0n) is 16.4. The molecule has 1 heterocycles. The molecule has 0 spiro atoms. The summed E-state index contributed by atoms with van der Waals surface area (Å²) in [4.78, 5) is 25.0. The van der Waals surface area contributed by atoms with E-state index in [0.717, 1.165) is 0 Å². The van der Waals surface area contributed by atoms with Crippen molar-refractivity contribution in [1.29, 1.82) is 0 Å². The van der Waals surface area contributed by atoms with Crippen molar-refractivity contribution in [3.63, 3.8) is 0 Å². The number of Topliss-reactive ketones (excluding diaryl/α,β-unsaturated/α-hetero) is 2. The van der Waals surface area contributed by atoms with Gasteiger partial charge in [0.25, 0.3) is 0 Å². The number of ether oxygens (including phenoxy) is 3. The van der Waals surface area contributed by atoms with Crippen LogP contribution in [0.3, 0.4) is 0 Å². The number of hydrogen-bond donors (Lipinski definition) is 0. The van der Waals surface area contributed by atoms with Crippen molar-refractivity contribution in [2.24, 2.45) is 0 Å². The van der Waals surface area contributed by atoms with Gasteiger partial charge in [0, 0.05) is 27.2 Å². The molecule has 0 saturated carbocycles. The Balaban J connectivity index is 1.48. The van der Waals surface area contributed by atoms with Gasteiger partial charge in [-0.2, -0.15) is 0 Å². The Morgan fingerprint density at radius 3 is 2.35 bits per heavy atom. The van der Waals surface area contributed by atoms with Gasteiger partial charge in [-0.25, -0.2) is 0 Å². The summed E-state index contributed by atoms with van der Waals surface area (Å²) in [5.41, 5.74) is 1.40. The maximum Gasteiger partial charge on any atom is 0.231 e. The third-order valence-electron chi connectivity index (χ3n) is 4.70. The molecule has 4 rings (SSSR count). The van der Waals surface area contributed by atoms with Crippen LogP contribution >= 0.6 is 23.2 Å². The first-order chi connectivity index (χ1) is 15.0. The molecule has 0 radical (unpaired) electrons. The minimum absolute atomic E-state index is 0.108. The van der Waals surface area contributed by atoms with Crippen LogP contribution in [0.25, 0.3) is 6.08 Å². The van der Waals surface area contributed by atoms with E-state index in [1.54, 1.807) is 67.8 Å². The maximum absolute atomic E-state index is 12.7. The number of ketones is 2. The van der Waals surface area contributed by atoms with E-state index < -0.39 is 0 Å². The van der Waals surface area contributed by atoms with Crippen molar-refractivity contribution in [2.45, 2.75) is 0 Å². The maximum atomic E-state index is 12.7. The summed E-state index contributed by atoms with van der Waals surface area (Å²) in [7, 11) is 1.56. The van der Waals surface area contributed by atoms with E-state index in [1.807, 2.05) is 0 Å². The quantitative estimate of drug-likeness (QED) is 0.343. The second kappa shape index (κ2) is 8.84. The smallest absolute Gasteiger partial charge is 0.231 e. The molecule has 0 N–H and O–H groups in total. The summed E-state index contributed by atoms with van der Waals surface area (Å²) in [6.45, 7) is -0.156. The predicted molar refractivity (Wildman–Crippen MR) is 119 cm³/mol. The molecule has 7 heteroatoms. The standard InChI is InChI=1S/C24H16Cl2O5/c1-29-15-7-5-14(6-8-15)21(27)13-30-16-9-10-17-22(11-16)31-23(24(17)28)12-18-19(25)3-2-4-20(18)26/h2-12H,13H2,1H3. The first-order valence-corrected chi connectivity index (χ1v) is 10.0. The molecular formula is C24H16Cl2O5. The van der Waals surface area contributed by atoms with Crippen LogP contribution < -0.4 is 14.2 Å². The summed E-state index contributed by atoms with van der Waals surface area (Å²) in [5.74, 6) is 1.05. The summed E-state index contributed by atoms with van der Waals surface area (Å²) in [6, 6.07) is 16.6. The van der Waals surface area contributed by atoms with Crippen LogP contribution in [0, 0.1) is 0 Å². The minimum atomic E-state index is -0.285. The highest BCUT2D eigenvalue weighted by atomic mass is 35.5. The molecule has 1 aliphatic heterocycles. The third-order valence-corrected chi connectivity index (χ3v) is 5.36. The van der Waals surface area contributed by atoms with E-state index in [9.17, 15) is 9.59 Å². The summed E-state index contributed by atoms with van der Waals surface area (Å²) < 4.78 is 16.4. The highest BCUT2D eigenvalue weighted by Gasteiger charge is 2.28. The van der Waals surface area contributed by atoms with Crippen molar-refractivity contribution < 1.29 is 23.8 Å². The number of benzene rings is 3. The van der Waals surface area contributed by atoms with Crippen LogP contribution in [-0.4, -0.2) is 25.3 Å². The third kappa shape index (κ3) is 4.43. The van der Waals surface area contributed by atoms with Crippen LogP contribution in [0.15, 0.2) is 66.4 Å². The highest BCUT2D eigenvalue weighted by Crippen LogP contribution is 2.36. The molecule has 0 aliphatic carbocycles. The molecule has 0 saturated heterocycles. The fourth-order valence-electron chi connectivity index (χ4n) is 3.05. The van der Waals surface area contributed by atoms with E-state index in [0.29, 0.717) is 44.0 Å². The van der Waals surface area contributed by atoms with E-state index in [2.05, 4.69) is 0 Å². The number of rotatable bonds is 6. The average Bonchev–Trinajstić information content (AvgIpc) is 3.09. The summed E-state index contributed by atoms with van der Waals surface area (Å²) in [6.07, 6.45) is 1.51. The van der Waals surface area contributed by atoms with Crippen LogP contribution in [0.2, 0.25) is 10.0 Å². The predicted octanol–water partition coefficient (Wildman–Crippen LogP) is 5.88. The Labute approximate surface area is 188 Å². The lowest BCUT2D eigenvalue weighted by molar-refractivity contribution is 0.0920. The molecule has 0 amide bonds. The monoisotopic (exact) mass is 454 g/mol. The van der Waals surface area contributed by atoms with Gasteiger partial charge >= 0.3 is 0 Å². The van der Waals surface area contributed by atoms with E-state index in [1.165, 1.54) is 6.08 Å². The molecule has 0 atom stereocenters. The molecule has 1 aliphatic rings. The molecule has 3 aromatic carbocycles. The number of carbonyl (C=O) groups is 2. The zero-order chi connectivity index (χ0) is 22.0. The number of carbonyl (C=O) groups excluding carboxylic acids is 2. The molecule has 5 nitrogen and oxygen atoms in total. The van der Waals surface area contributed by atoms with Gasteiger partial charge < -0.3 is 14.2 Å². The molecule has 0 aromatic heterocycles. The number of halogens is 2. The fraction of sp³-hybridized carbons (Fsp3) is 0.0833. The Morgan fingerprint density at radius 1 is 1.00 bits per heavy atom. The molecular weight excluding hydrogens is 439 g/mol. The van der Waals surface area contributed by atoms with E-state index >= 15 is 0 Å². The van der Waals surface area contributed by atoms with E-state index in [4.69, 9.17) is 37.4 Å². The SMILES string of the molecule is COc1ccc(C(=O)COc2ccc3c(c2)OC(=Cc2c(Cl)cccc2Cl)C3=O)cc1. The number of fused-ring (bicyclic) bond motifs is 1. The molecule has 0 bridgehead atoms. The first kappa shape index (κ1) is 21.0. The van der Waals surface area contributed by atoms with Crippen molar-refractivity contribution in [3.05, 3.63) is 93.2 Å². The highest BCUT2D eigenvalue weighted by molar-refractivity contribution is 6.37. The van der Waals surface area contributed by atoms with Crippen LogP contribution in [0.5, 0.6) is 17.2 Å². The first-order valence-electron chi connectivity index (χ1n) is 9.28. The number of allylic oxidation sites excluding steroid dienone is 1. The van der Waals surface area contributed by atoms with Gasteiger partial charge in [0.2, 0.25) is 5.78 Å². The van der Waals surface area contributed by atoms with Gasteiger partial charge in [-0.1, -0.05) is 29.3 Å². The topological polar surface area (TPSA) is 61.8 Å². The van der Waals surface area contributed by atoms with Gasteiger partial charge in [-0.3, -0.25) is 9.59 Å². The number of methoxy groups -OCH3 is 1. The molecule has 3 aromatic rings. The molecule has 156 valence electrons. The van der Waals surface area contributed by atoms with Crippen molar-refractivity contribution in [2.75, 3.05) is 13.7 Å². The normalized spacial score (nSPS) is 13.6. The van der Waals surface area contributed by atoms with Crippen molar-refractivity contribution in [3.8, 4) is 17.2 Å². The van der Waals surface area contributed by atoms with Gasteiger partial charge in [-0.15, -0.1) is 0 Å². The molecule has 31 heavy (non-hydrogen) atoms. The van der Waals surface area contributed by atoms with Crippen LogP contribution in [-0.2, 0) is 0 Å². The Hall–Kier alpha value is -3.28. The molecule has 0 unspecified atom stereocenters. The fourth-order valence-corrected chi connectivity index (χ4v) is 3.55. The van der Waals surface area contributed by atoms with Gasteiger partial charge in [0.05, 0.1) is 12.7 Å². The van der Waals surface area contributed by atoms with Gasteiger partial charge in [-0.05, 0) is 54.6 Å². The lowest BCUT2D eigenvalue weighted by atomic mass is 10.1. The van der Waals surface area contributed by atoms with Crippen molar-refractivity contribution >= 4 is 40.8 Å². The Kier molecular flexibility index (Phi) is 5.98. The molecule has 0 fully saturated rings. The lowest BCUT2D eigenvalue weighted by Gasteiger charge is -2.07. The second-order valence-electron chi connectivity index (χ2n) is 6.67. The van der Waals surface area contributed by atoms with E-state index in [-0.39, 0.29) is 23.9 Å². The summed E-state index contributed by atoms with van der Waals surface area (Å²) in [5, 5.41) is 0.821. The second-order valence-corrected chi connectivity index (χ2v) is 7.49. The summed E-state index contributed by atoms with van der Waals surface area (Å²) >= 11 is 12.4. The number of hydrogen-bond acceptors (Lipinski definition) is 5. The largest absolute Gasteiger partial charge is 0.497 e. The van der Waals surface area contributed by atoms with Crippen LogP contribution in [0.1, 0.15) is 26.3 Å². The minimum Gasteiger partial charge on any atom is -0.497 e. The van der Waals surface area contributed by atoms with Gasteiger partial charge in [0.15, 0.2) is 18.1 Å². The lowest BCUT2D eigenvalue weighted by Crippen LogP contribution is -2.11.